The summed E-state index contributed by atoms with van der Waals surface area (Å²) in [4.78, 5) is 60.6. The third-order valence-electron chi connectivity index (χ3n) is 10.7. The lowest BCUT2D eigenvalue weighted by molar-refractivity contribution is -0.146. The van der Waals surface area contributed by atoms with Crippen molar-refractivity contribution in [3.8, 4) is 11.3 Å². The molecule has 0 unspecified atom stereocenters. The van der Waals surface area contributed by atoms with Gasteiger partial charge in [0.2, 0.25) is 0 Å². The van der Waals surface area contributed by atoms with Crippen LogP contribution in [-0.4, -0.2) is 118 Å². The van der Waals surface area contributed by atoms with E-state index in [1.807, 2.05) is 34.9 Å². The molecule has 3 saturated heterocycles. The fourth-order valence-electron chi connectivity index (χ4n) is 7.80. The predicted molar refractivity (Wildman–Crippen MR) is 190 cm³/mol. The van der Waals surface area contributed by atoms with Gasteiger partial charge < -0.3 is 34.3 Å². The van der Waals surface area contributed by atoms with E-state index in [1.165, 1.54) is 24.0 Å². The van der Waals surface area contributed by atoms with Crippen molar-refractivity contribution in [1.29, 1.82) is 0 Å². The molecular weight excluding hydrogens is 702 g/mol. The van der Waals surface area contributed by atoms with Crippen LogP contribution in [0.5, 0.6) is 0 Å². The third-order valence-corrected chi connectivity index (χ3v) is 10.7. The second kappa shape index (κ2) is 16.2. The number of imidazole rings is 1. The van der Waals surface area contributed by atoms with Crippen LogP contribution in [0.25, 0.3) is 11.3 Å². The van der Waals surface area contributed by atoms with Crippen LogP contribution in [-0.2, 0) is 30.4 Å². The molecule has 0 spiro atoms. The van der Waals surface area contributed by atoms with Gasteiger partial charge in [-0.25, -0.2) is 18.6 Å². The maximum atomic E-state index is 15.2. The van der Waals surface area contributed by atoms with E-state index in [1.54, 1.807) is 11.1 Å². The molecule has 4 aliphatic heterocycles. The van der Waals surface area contributed by atoms with E-state index in [4.69, 9.17) is 14.5 Å². The number of aromatic nitrogens is 2. The van der Waals surface area contributed by atoms with Gasteiger partial charge in [0.25, 0.3) is 17.7 Å². The largest absolute Gasteiger partial charge is 0.444 e. The minimum Gasteiger partial charge on any atom is -0.444 e. The van der Waals surface area contributed by atoms with Gasteiger partial charge in [-0.15, -0.1) is 0 Å². The fourth-order valence-corrected chi connectivity index (χ4v) is 7.80. The second-order valence-electron chi connectivity index (χ2n) is 14.5. The number of hydrogen-bond acceptors (Lipinski definition) is 9. The highest BCUT2D eigenvalue weighted by molar-refractivity contribution is 6.12. The zero-order chi connectivity index (χ0) is 37.9. The average Bonchev–Trinajstić information content (AvgIpc) is 3.85. The Labute approximate surface area is 311 Å². The molecule has 3 aromatic rings. The Morgan fingerprint density at radius 1 is 1.06 bits per heavy atom. The first-order chi connectivity index (χ1) is 26.0. The molecule has 286 valence electrons. The van der Waals surface area contributed by atoms with Crippen molar-refractivity contribution in [2.24, 2.45) is 17.8 Å². The summed E-state index contributed by atoms with van der Waals surface area (Å²) < 4.78 is 43.2. The Morgan fingerprint density at radius 3 is 2.48 bits per heavy atom. The Kier molecular flexibility index (Phi) is 11.2. The first-order valence-electron chi connectivity index (χ1n) is 18.4. The number of carbonyl (C=O) groups is 4. The molecule has 0 bridgehead atoms. The van der Waals surface area contributed by atoms with Gasteiger partial charge in [0, 0.05) is 94.8 Å². The molecule has 15 heteroatoms. The molecule has 4 aliphatic rings. The zero-order valence-corrected chi connectivity index (χ0v) is 30.0. The lowest BCUT2D eigenvalue weighted by Crippen LogP contribution is -2.55. The number of aliphatic hydroxyl groups is 1. The molecule has 2 N–H and O–H groups in total. The molecule has 3 fully saturated rings. The number of halogens is 2. The number of aliphatic hydroxyl groups excluding tert-OH is 1. The molecule has 2 aromatic carbocycles. The number of hydrogen-bond donors (Lipinski definition) is 2. The van der Waals surface area contributed by atoms with Gasteiger partial charge >= 0.3 is 6.09 Å². The monoisotopic (exact) mass is 746 g/mol. The summed E-state index contributed by atoms with van der Waals surface area (Å²) in [6.45, 7) is 4.39. The third kappa shape index (κ3) is 8.08. The number of nitrogens with one attached hydrogen (secondary N) is 1. The number of likely N-dealkylation sites (tertiary alicyclic amines) is 1. The van der Waals surface area contributed by atoms with E-state index in [0.29, 0.717) is 64.6 Å². The minimum atomic E-state index is -1.37. The van der Waals surface area contributed by atoms with Crippen LogP contribution in [0, 0.1) is 29.4 Å². The van der Waals surface area contributed by atoms with Crippen molar-refractivity contribution in [2.45, 2.75) is 44.6 Å². The minimum absolute atomic E-state index is 0.0160. The quantitative estimate of drug-likeness (QED) is 0.267. The van der Waals surface area contributed by atoms with Crippen LogP contribution >= 0.6 is 0 Å². The highest BCUT2D eigenvalue weighted by Crippen LogP contribution is 2.38. The Bertz CT molecular complexity index is 1870. The Hall–Kier alpha value is -4.99. The molecule has 0 radical (unpaired) electrons. The number of ether oxygens (including phenoxy) is 2. The Morgan fingerprint density at radius 2 is 1.78 bits per heavy atom. The molecule has 7 rings (SSSR count). The van der Waals surface area contributed by atoms with Gasteiger partial charge in [-0.05, 0) is 49.4 Å². The van der Waals surface area contributed by atoms with E-state index in [-0.39, 0.29) is 53.9 Å². The van der Waals surface area contributed by atoms with Crippen LogP contribution in [0.2, 0.25) is 0 Å². The zero-order valence-electron chi connectivity index (χ0n) is 30.0. The van der Waals surface area contributed by atoms with Gasteiger partial charge in [-0.3, -0.25) is 19.3 Å². The van der Waals surface area contributed by atoms with Crippen LogP contribution in [0.3, 0.4) is 0 Å². The molecule has 4 amide bonds. The highest BCUT2D eigenvalue weighted by atomic mass is 19.1. The smallest absolute Gasteiger partial charge is 0.410 e. The molecule has 13 nitrogen and oxygen atoms in total. The average molecular weight is 747 g/mol. The summed E-state index contributed by atoms with van der Waals surface area (Å²) >= 11 is 0. The van der Waals surface area contributed by atoms with Crippen molar-refractivity contribution >= 4 is 23.8 Å². The molecule has 54 heavy (non-hydrogen) atoms. The van der Waals surface area contributed by atoms with E-state index >= 15 is 4.39 Å². The number of amides is 4. The van der Waals surface area contributed by atoms with E-state index in [2.05, 4.69) is 5.32 Å². The maximum absolute atomic E-state index is 15.2. The predicted octanol–water partition coefficient (Wildman–Crippen LogP) is 3.14. The van der Waals surface area contributed by atoms with Gasteiger partial charge in [0.1, 0.15) is 29.7 Å². The van der Waals surface area contributed by atoms with Crippen LogP contribution in [0.15, 0.2) is 66.9 Å². The number of nitrogens with zero attached hydrogens (tertiary/aromatic N) is 5. The number of carbonyl (C=O) groups excluding carboxylic acids is 4. The van der Waals surface area contributed by atoms with Crippen molar-refractivity contribution in [3.63, 3.8) is 0 Å². The molecule has 0 aliphatic carbocycles. The summed E-state index contributed by atoms with van der Waals surface area (Å²) in [5.41, 5.74) is 1.12. The van der Waals surface area contributed by atoms with E-state index in [9.17, 15) is 28.7 Å². The number of benzene rings is 2. The van der Waals surface area contributed by atoms with Gasteiger partial charge in [0.15, 0.2) is 0 Å². The SMILES string of the molecule is C[C@H](O)C(=O)N(C[C@@H]1CNC[C@H]1OC(=O)N1CC(CN2C(=O)C=CC2=O)C1)[C@@H](c1nc(-c2cc(F)ccc2F)cn1Cc1ccccc1)C1CCOCC1. The maximum Gasteiger partial charge on any atom is 0.410 e. The summed E-state index contributed by atoms with van der Waals surface area (Å²) in [6.07, 6.45) is 2.79. The first kappa shape index (κ1) is 37.3. The van der Waals surface area contributed by atoms with Crippen molar-refractivity contribution in [3.05, 3.63) is 89.9 Å². The summed E-state index contributed by atoms with van der Waals surface area (Å²) in [5, 5.41) is 14.1. The standard InChI is InChI=1S/C39H44F2N6O7/c1-24(48)38(51)47(22-28-16-42-17-33(28)54-39(52)45-19-26(20-45)21-46-34(49)9-10-35(46)50)36(27-11-13-53-14-12-27)37-43-32(30-15-29(40)7-8-31(30)41)23-44(37)18-25-5-3-2-4-6-25/h2-10,15,23-24,26-28,33,36,42,48H,11-14,16-22H2,1H3/t24-,28-,33+,36+/m0/s1. The van der Waals surface area contributed by atoms with E-state index < -0.39 is 41.9 Å². The molecule has 1 aromatic heterocycles. The van der Waals surface area contributed by atoms with Crippen LogP contribution in [0.1, 0.15) is 37.2 Å². The molecular formula is C39H44F2N6O7. The van der Waals surface area contributed by atoms with Gasteiger partial charge in [-0.2, -0.15) is 0 Å². The lowest BCUT2D eigenvalue weighted by Gasteiger charge is -2.42. The fraction of sp³-hybridized carbons (Fsp3) is 0.462. The Balaban J connectivity index is 1.16. The van der Waals surface area contributed by atoms with Crippen molar-refractivity contribution < 1.29 is 42.5 Å². The van der Waals surface area contributed by atoms with Gasteiger partial charge in [-0.1, -0.05) is 30.3 Å². The second-order valence-corrected chi connectivity index (χ2v) is 14.5. The first-order valence-corrected chi connectivity index (χ1v) is 18.4. The van der Waals surface area contributed by atoms with E-state index in [0.717, 1.165) is 28.7 Å². The lowest BCUT2D eigenvalue weighted by atomic mass is 9.88. The van der Waals surface area contributed by atoms with Gasteiger partial charge in [0.05, 0.1) is 11.7 Å². The summed E-state index contributed by atoms with van der Waals surface area (Å²) in [7, 11) is 0. The number of imide groups is 1. The summed E-state index contributed by atoms with van der Waals surface area (Å²) in [5.74, 6) is -2.66. The van der Waals surface area contributed by atoms with Crippen molar-refractivity contribution in [1.82, 2.24) is 29.6 Å². The normalized spacial score (nSPS) is 21.7. The van der Waals surface area contributed by atoms with Crippen LogP contribution < -0.4 is 5.32 Å². The molecule has 4 atom stereocenters. The highest BCUT2D eigenvalue weighted by Gasteiger charge is 2.43. The van der Waals surface area contributed by atoms with Crippen LogP contribution in [0.4, 0.5) is 13.6 Å². The molecule has 0 saturated carbocycles. The summed E-state index contributed by atoms with van der Waals surface area (Å²) in [6, 6.07) is 12.1. The van der Waals surface area contributed by atoms with Crippen molar-refractivity contribution in [2.75, 3.05) is 52.5 Å². The molecule has 5 heterocycles. The number of rotatable bonds is 12. The topological polar surface area (TPSA) is 147 Å².